The molecule has 1 aromatic carbocycles. The van der Waals surface area contributed by atoms with Crippen LogP contribution < -0.4 is 11.1 Å². The average molecular weight is 213 g/mol. The second kappa shape index (κ2) is 5.28. The summed E-state index contributed by atoms with van der Waals surface area (Å²) in [5, 5.41) is 3.36. The molecule has 0 saturated carbocycles. The Morgan fingerprint density at radius 3 is 2.44 bits per heavy atom. The highest BCUT2D eigenvalue weighted by molar-refractivity contribution is 5.44. The summed E-state index contributed by atoms with van der Waals surface area (Å²) < 4.78 is 0. The van der Waals surface area contributed by atoms with Crippen LogP contribution in [0, 0.1) is 0 Å². The molecule has 0 aliphatic heterocycles. The van der Waals surface area contributed by atoms with Gasteiger partial charge in [-0.05, 0) is 24.3 Å². The summed E-state index contributed by atoms with van der Waals surface area (Å²) in [5.41, 5.74) is 7.78. The maximum absolute atomic E-state index is 5.75. The number of pyridine rings is 1. The number of hydrogen-bond acceptors (Lipinski definition) is 3. The predicted molar refractivity (Wildman–Crippen MR) is 66.1 cm³/mol. The number of para-hydroxylation sites is 1. The molecule has 0 radical (unpaired) electrons. The molecule has 0 amide bonds. The lowest BCUT2D eigenvalue weighted by Gasteiger charge is -2.17. The Labute approximate surface area is 95.3 Å². The fraction of sp³-hybridized carbons (Fsp3) is 0.154. The Morgan fingerprint density at radius 1 is 1.06 bits per heavy atom. The summed E-state index contributed by atoms with van der Waals surface area (Å²) in [6.07, 6.45) is 1.78. The first-order chi connectivity index (χ1) is 7.90. The van der Waals surface area contributed by atoms with Crippen molar-refractivity contribution >= 4 is 5.69 Å². The lowest BCUT2D eigenvalue weighted by Crippen LogP contribution is -2.21. The molecule has 0 saturated heterocycles. The number of rotatable bonds is 4. The van der Waals surface area contributed by atoms with Crippen LogP contribution in [0.2, 0.25) is 0 Å². The standard InChI is InChI=1S/C13H15N3/c14-10-13(12-8-4-5-9-15-12)16-11-6-2-1-3-7-11/h1-9,13,16H,10,14H2. The van der Waals surface area contributed by atoms with Crippen LogP contribution in [0.3, 0.4) is 0 Å². The summed E-state index contributed by atoms with van der Waals surface area (Å²) in [4.78, 5) is 4.30. The first kappa shape index (κ1) is 10.6. The molecule has 3 heteroatoms. The van der Waals surface area contributed by atoms with Gasteiger partial charge in [-0.3, -0.25) is 4.98 Å². The first-order valence-electron chi connectivity index (χ1n) is 5.33. The van der Waals surface area contributed by atoms with Crippen LogP contribution in [0.1, 0.15) is 11.7 Å². The van der Waals surface area contributed by atoms with E-state index in [-0.39, 0.29) is 6.04 Å². The van der Waals surface area contributed by atoms with Crippen molar-refractivity contribution in [3.8, 4) is 0 Å². The van der Waals surface area contributed by atoms with E-state index in [1.807, 2.05) is 48.5 Å². The summed E-state index contributed by atoms with van der Waals surface area (Å²) in [7, 11) is 0. The van der Waals surface area contributed by atoms with Crippen molar-refractivity contribution in [2.45, 2.75) is 6.04 Å². The van der Waals surface area contributed by atoms with Crippen molar-refractivity contribution < 1.29 is 0 Å². The van der Waals surface area contributed by atoms with E-state index >= 15 is 0 Å². The third kappa shape index (κ3) is 2.58. The van der Waals surface area contributed by atoms with E-state index in [0.29, 0.717) is 6.54 Å². The van der Waals surface area contributed by atoms with Crippen molar-refractivity contribution in [3.05, 3.63) is 60.4 Å². The zero-order valence-corrected chi connectivity index (χ0v) is 9.01. The van der Waals surface area contributed by atoms with Crippen LogP contribution in [0.25, 0.3) is 0 Å². The largest absolute Gasteiger partial charge is 0.375 e. The molecule has 0 aliphatic carbocycles. The van der Waals surface area contributed by atoms with Crippen LogP contribution in [-0.4, -0.2) is 11.5 Å². The molecule has 1 aromatic heterocycles. The van der Waals surface area contributed by atoms with Crippen LogP contribution >= 0.6 is 0 Å². The quantitative estimate of drug-likeness (QED) is 0.818. The molecule has 0 fully saturated rings. The zero-order chi connectivity index (χ0) is 11.2. The Morgan fingerprint density at radius 2 is 1.81 bits per heavy atom. The monoisotopic (exact) mass is 213 g/mol. The Hall–Kier alpha value is -1.87. The van der Waals surface area contributed by atoms with Gasteiger partial charge in [0.25, 0.3) is 0 Å². The van der Waals surface area contributed by atoms with E-state index in [4.69, 9.17) is 5.73 Å². The van der Waals surface area contributed by atoms with Gasteiger partial charge in [0, 0.05) is 18.4 Å². The van der Waals surface area contributed by atoms with Crippen LogP contribution in [0.15, 0.2) is 54.7 Å². The molecule has 0 aliphatic rings. The van der Waals surface area contributed by atoms with Gasteiger partial charge in [-0.15, -0.1) is 0 Å². The lowest BCUT2D eigenvalue weighted by atomic mass is 10.1. The average Bonchev–Trinajstić information content (AvgIpc) is 2.38. The third-order valence-electron chi connectivity index (χ3n) is 2.40. The molecular weight excluding hydrogens is 198 g/mol. The highest BCUT2D eigenvalue weighted by Gasteiger charge is 2.09. The molecule has 16 heavy (non-hydrogen) atoms. The molecule has 2 aromatic rings. The molecule has 2 rings (SSSR count). The fourth-order valence-electron chi connectivity index (χ4n) is 1.57. The van der Waals surface area contributed by atoms with Crippen molar-refractivity contribution in [1.82, 2.24) is 4.98 Å². The number of nitrogens with two attached hydrogens (primary N) is 1. The van der Waals surface area contributed by atoms with Crippen molar-refractivity contribution in [1.29, 1.82) is 0 Å². The Bertz CT molecular complexity index is 414. The van der Waals surface area contributed by atoms with E-state index < -0.39 is 0 Å². The van der Waals surface area contributed by atoms with Crippen LogP contribution in [0.5, 0.6) is 0 Å². The second-order valence-corrected chi connectivity index (χ2v) is 3.55. The SMILES string of the molecule is NCC(Nc1ccccc1)c1ccccn1. The second-order valence-electron chi connectivity index (χ2n) is 3.55. The van der Waals surface area contributed by atoms with Crippen LogP contribution in [0.4, 0.5) is 5.69 Å². The Kier molecular flexibility index (Phi) is 3.51. The molecular formula is C13H15N3. The third-order valence-corrected chi connectivity index (χ3v) is 2.40. The number of nitrogens with one attached hydrogen (secondary N) is 1. The molecule has 1 unspecified atom stereocenters. The van der Waals surface area contributed by atoms with E-state index in [1.165, 1.54) is 0 Å². The maximum Gasteiger partial charge on any atom is 0.0807 e. The number of hydrogen-bond donors (Lipinski definition) is 2. The first-order valence-corrected chi connectivity index (χ1v) is 5.33. The predicted octanol–water partition coefficient (Wildman–Crippen LogP) is 2.19. The Balaban J connectivity index is 2.13. The van der Waals surface area contributed by atoms with Gasteiger partial charge < -0.3 is 11.1 Å². The smallest absolute Gasteiger partial charge is 0.0807 e. The van der Waals surface area contributed by atoms with Gasteiger partial charge in [-0.1, -0.05) is 24.3 Å². The minimum atomic E-state index is 0.0589. The fourth-order valence-corrected chi connectivity index (χ4v) is 1.57. The topological polar surface area (TPSA) is 50.9 Å². The van der Waals surface area contributed by atoms with Gasteiger partial charge in [0.2, 0.25) is 0 Å². The summed E-state index contributed by atoms with van der Waals surface area (Å²) in [5.74, 6) is 0. The number of benzene rings is 1. The normalized spacial score (nSPS) is 12.1. The van der Waals surface area contributed by atoms with Crippen LogP contribution in [-0.2, 0) is 0 Å². The zero-order valence-electron chi connectivity index (χ0n) is 9.01. The molecule has 3 N–H and O–H groups in total. The maximum atomic E-state index is 5.75. The molecule has 0 spiro atoms. The lowest BCUT2D eigenvalue weighted by molar-refractivity contribution is 0.760. The summed E-state index contributed by atoms with van der Waals surface area (Å²) in [6, 6.07) is 15.9. The molecule has 1 heterocycles. The number of nitrogens with zero attached hydrogens (tertiary/aromatic N) is 1. The highest BCUT2D eigenvalue weighted by Crippen LogP contribution is 2.16. The van der Waals surface area contributed by atoms with Gasteiger partial charge >= 0.3 is 0 Å². The molecule has 1 atom stereocenters. The van der Waals surface area contributed by atoms with Crippen molar-refractivity contribution in [2.75, 3.05) is 11.9 Å². The van der Waals surface area contributed by atoms with E-state index in [2.05, 4.69) is 10.3 Å². The minimum absolute atomic E-state index is 0.0589. The van der Waals surface area contributed by atoms with Gasteiger partial charge in [0.1, 0.15) is 0 Å². The van der Waals surface area contributed by atoms with E-state index in [9.17, 15) is 0 Å². The van der Waals surface area contributed by atoms with E-state index in [1.54, 1.807) is 6.20 Å². The van der Waals surface area contributed by atoms with Gasteiger partial charge in [-0.25, -0.2) is 0 Å². The molecule has 82 valence electrons. The summed E-state index contributed by atoms with van der Waals surface area (Å²) in [6.45, 7) is 0.520. The minimum Gasteiger partial charge on any atom is -0.375 e. The molecule has 0 bridgehead atoms. The molecule has 3 nitrogen and oxygen atoms in total. The van der Waals surface area contributed by atoms with Crippen molar-refractivity contribution in [3.63, 3.8) is 0 Å². The van der Waals surface area contributed by atoms with E-state index in [0.717, 1.165) is 11.4 Å². The summed E-state index contributed by atoms with van der Waals surface area (Å²) >= 11 is 0. The van der Waals surface area contributed by atoms with Gasteiger partial charge in [0.15, 0.2) is 0 Å². The van der Waals surface area contributed by atoms with Gasteiger partial charge in [0.05, 0.1) is 11.7 Å². The number of aromatic nitrogens is 1. The number of anilines is 1. The highest BCUT2D eigenvalue weighted by atomic mass is 15.0. The van der Waals surface area contributed by atoms with Gasteiger partial charge in [-0.2, -0.15) is 0 Å². The van der Waals surface area contributed by atoms with Crippen molar-refractivity contribution in [2.24, 2.45) is 5.73 Å².